The van der Waals surface area contributed by atoms with Crippen molar-refractivity contribution >= 4 is 33.4 Å². The fourth-order valence-electron chi connectivity index (χ4n) is 2.89. The van der Waals surface area contributed by atoms with Crippen LogP contribution in [-0.2, 0) is 10.0 Å². The van der Waals surface area contributed by atoms with Crippen LogP contribution in [-0.4, -0.2) is 55.4 Å². The zero-order chi connectivity index (χ0) is 18.7. The zero-order valence-electron chi connectivity index (χ0n) is 14.8. The Morgan fingerprint density at radius 3 is 2.50 bits per heavy atom. The summed E-state index contributed by atoms with van der Waals surface area (Å²) in [4.78, 5) is 11.2. The van der Waals surface area contributed by atoms with Crippen LogP contribution in [0.4, 0.5) is 11.8 Å². The molecule has 1 aromatic heterocycles. The van der Waals surface area contributed by atoms with Gasteiger partial charge in [-0.05, 0) is 26.0 Å². The summed E-state index contributed by atoms with van der Waals surface area (Å²) in [5, 5.41) is 3.43. The second kappa shape index (κ2) is 7.77. The minimum absolute atomic E-state index is 0.149. The van der Waals surface area contributed by atoms with Crippen molar-refractivity contribution in [2.24, 2.45) is 0 Å². The van der Waals surface area contributed by atoms with Gasteiger partial charge in [-0.15, -0.1) is 0 Å². The third kappa shape index (κ3) is 3.92. The lowest BCUT2D eigenvalue weighted by Crippen LogP contribution is -2.49. The Morgan fingerprint density at radius 1 is 1.15 bits per heavy atom. The van der Waals surface area contributed by atoms with Gasteiger partial charge in [0.25, 0.3) is 0 Å². The predicted octanol–water partition coefficient (Wildman–Crippen LogP) is 2.38. The maximum atomic E-state index is 12.8. The average molecular weight is 396 g/mol. The fraction of sp³-hybridized carbons (Fsp3) is 0.412. The molecular formula is C17H22ClN5O2S. The highest BCUT2D eigenvalue weighted by molar-refractivity contribution is 7.89. The van der Waals surface area contributed by atoms with E-state index in [-0.39, 0.29) is 9.92 Å². The van der Waals surface area contributed by atoms with Gasteiger partial charge in [-0.1, -0.05) is 23.7 Å². The number of aryl methyl sites for hydroxylation is 1. The van der Waals surface area contributed by atoms with E-state index in [0.717, 1.165) is 18.1 Å². The molecule has 7 nitrogen and oxygen atoms in total. The van der Waals surface area contributed by atoms with Crippen LogP contribution in [0.3, 0.4) is 0 Å². The molecule has 26 heavy (non-hydrogen) atoms. The molecule has 0 aliphatic carbocycles. The minimum Gasteiger partial charge on any atom is -0.370 e. The summed E-state index contributed by atoms with van der Waals surface area (Å²) in [7, 11) is -3.60. The van der Waals surface area contributed by atoms with E-state index in [4.69, 9.17) is 11.6 Å². The van der Waals surface area contributed by atoms with Crippen LogP contribution in [0, 0.1) is 6.92 Å². The summed E-state index contributed by atoms with van der Waals surface area (Å²) in [6, 6.07) is 8.42. The number of nitrogens with one attached hydrogen (secondary N) is 1. The normalized spacial score (nSPS) is 15.9. The SMILES string of the molecule is CCNc1cc(C)nc(N2CCN(S(=O)(=O)c3ccccc3Cl)CC2)n1. The molecule has 0 spiro atoms. The third-order valence-corrected chi connectivity index (χ3v) is 6.57. The first kappa shape index (κ1) is 18.9. The summed E-state index contributed by atoms with van der Waals surface area (Å²) in [5.41, 5.74) is 0.872. The van der Waals surface area contributed by atoms with Gasteiger partial charge in [0, 0.05) is 44.5 Å². The average Bonchev–Trinajstić information content (AvgIpc) is 2.62. The van der Waals surface area contributed by atoms with E-state index >= 15 is 0 Å². The molecule has 1 N–H and O–H groups in total. The van der Waals surface area contributed by atoms with Crippen molar-refractivity contribution < 1.29 is 8.42 Å². The summed E-state index contributed by atoms with van der Waals surface area (Å²) < 4.78 is 27.1. The quantitative estimate of drug-likeness (QED) is 0.837. The first-order valence-corrected chi connectivity index (χ1v) is 10.3. The predicted molar refractivity (Wildman–Crippen MR) is 103 cm³/mol. The van der Waals surface area contributed by atoms with Crippen LogP contribution >= 0.6 is 11.6 Å². The van der Waals surface area contributed by atoms with E-state index in [1.54, 1.807) is 18.2 Å². The van der Waals surface area contributed by atoms with E-state index in [1.807, 2.05) is 24.8 Å². The number of rotatable bonds is 5. The molecule has 2 aromatic rings. The Labute approximate surface area is 159 Å². The van der Waals surface area contributed by atoms with Crippen LogP contribution in [0.2, 0.25) is 5.02 Å². The Balaban J connectivity index is 1.74. The second-order valence-electron chi connectivity index (χ2n) is 6.05. The van der Waals surface area contributed by atoms with Crippen molar-refractivity contribution in [2.75, 3.05) is 42.9 Å². The summed E-state index contributed by atoms with van der Waals surface area (Å²) in [5.74, 6) is 1.40. The van der Waals surface area contributed by atoms with Gasteiger partial charge >= 0.3 is 0 Å². The second-order valence-corrected chi connectivity index (χ2v) is 8.36. The Hall–Kier alpha value is -1.90. The number of nitrogens with zero attached hydrogens (tertiary/aromatic N) is 4. The van der Waals surface area contributed by atoms with Gasteiger partial charge in [-0.25, -0.2) is 13.4 Å². The van der Waals surface area contributed by atoms with Crippen molar-refractivity contribution in [1.82, 2.24) is 14.3 Å². The van der Waals surface area contributed by atoms with Crippen LogP contribution in [0.15, 0.2) is 35.2 Å². The molecule has 140 valence electrons. The van der Waals surface area contributed by atoms with Crippen LogP contribution in [0.1, 0.15) is 12.6 Å². The molecule has 0 radical (unpaired) electrons. The molecule has 0 amide bonds. The molecular weight excluding hydrogens is 374 g/mol. The number of aromatic nitrogens is 2. The number of hydrogen-bond donors (Lipinski definition) is 1. The van der Waals surface area contributed by atoms with Crippen molar-refractivity contribution in [3.05, 3.63) is 41.0 Å². The molecule has 1 aromatic carbocycles. The Morgan fingerprint density at radius 2 is 1.85 bits per heavy atom. The lowest BCUT2D eigenvalue weighted by molar-refractivity contribution is 0.382. The maximum absolute atomic E-state index is 12.8. The van der Waals surface area contributed by atoms with E-state index in [0.29, 0.717) is 32.1 Å². The molecule has 1 fully saturated rings. The van der Waals surface area contributed by atoms with Gasteiger partial charge in [-0.3, -0.25) is 0 Å². The molecule has 0 bridgehead atoms. The Bertz CT molecular complexity index is 882. The first-order chi connectivity index (χ1) is 12.4. The smallest absolute Gasteiger partial charge is 0.244 e. The van der Waals surface area contributed by atoms with Gasteiger partial charge in [0.1, 0.15) is 10.7 Å². The zero-order valence-corrected chi connectivity index (χ0v) is 16.4. The van der Waals surface area contributed by atoms with Crippen molar-refractivity contribution in [3.63, 3.8) is 0 Å². The monoisotopic (exact) mass is 395 g/mol. The summed E-state index contributed by atoms with van der Waals surface area (Å²) >= 11 is 6.07. The van der Waals surface area contributed by atoms with Gasteiger partial charge in [0.2, 0.25) is 16.0 Å². The number of anilines is 2. The molecule has 1 aliphatic rings. The third-order valence-electron chi connectivity index (χ3n) is 4.18. The fourth-order valence-corrected chi connectivity index (χ4v) is 4.80. The van der Waals surface area contributed by atoms with E-state index < -0.39 is 10.0 Å². The van der Waals surface area contributed by atoms with E-state index in [2.05, 4.69) is 15.3 Å². The van der Waals surface area contributed by atoms with Gasteiger partial charge in [0.15, 0.2) is 0 Å². The summed E-state index contributed by atoms with van der Waals surface area (Å²) in [6.45, 7) is 6.49. The van der Waals surface area contributed by atoms with Crippen molar-refractivity contribution in [1.29, 1.82) is 0 Å². The lowest BCUT2D eigenvalue weighted by Gasteiger charge is -2.34. The number of hydrogen-bond acceptors (Lipinski definition) is 6. The molecule has 0 saturated carbocycles. The topological polar surface area (TPSA) is 78.4 Å². The van der Waals surface area contributed by atoms with Crippen LogP contribution < -0.4 is 10.2 Å². The van der Waals surface area contributed by atoms with Crippen LogP contribution in [0.5, 0.6) is 0 Å². The number of sulfonamides is 1. The van der Waals surface area contributed by atoms with Gasteiger partial charge in [0.05, 0.1) is 5.02 Å². The first-order valence-electron chi connectivity index (χ1n) is 8.51. The van der Waals surface area contributed by atoms with E-state index in [9.17, 15) is 8.42 Å². The lowest BCUT2D eigenvalue weighted by atomic mass is 10.3. The molecule has 0 atom stereocenters. The van der Waals surface area contributed by atoms with E-state index in [1.165, 1.54) is 10.4 Å². The Kier molecular flexibility index (Phi) is 5.64. The van der Waals surface area contributed by atoms with Gasteiger partial charge in [-0.2, -0.15) is 9.29 Å². The number of piperazine rings is 1. The highest BCUT2D eigenvalue weighted by Gasteiger charge is 2.30. The van der Waals surface area contributed by atoms with Crippen molar-refractivity contribution in [3.8, 4) is 0 Å². The molecule has 1 saturated heterocycles. The minimum atomic E-state index is -3.60. The molecule has 0 unspecified atom stereocenters. The highest BCUT2D eigenvalue weighted by Crippen LogP contribution is 2.25. The number of benzene rings is 1. The largest absolute Gasteiger partial charge is 0.370 e. The molecule has 1 aliphatic heterocycles. The molecule has 2 heterocycles. The molecule has 3 rings (SSSR count). The summed E-state index contributed by atoms with van der Waals surface area (Å²) in [6.07, 6.45) is 0. The molecule has 9 heteroatoms. The highest BCUT2D eigenvalue weighted by atomic mass is 35.5. The maximum Gasteiger partial charge on any atom is 0.244 e. The number of halogens is 1. The standard InChI is InChI=1S/C17H22ClN5O2S/c1-3-19-16-12-13(2)20-17(21-16)22-8-10-23(11-9-22)26(24,25)15-7-5-4-6-14(15)18/h4-7,12H,3,8-11H2,1-2H3,(H,19,20,21). The van der Waals surface area contributed by atoms with Crippen molar-refractivity contribution in [2.45, 2.75) is 18.7 Å². The van der Waals surface area contributed by atoms with Gasteiger partial charge < -0.3 is 10.2 Å². The van der Waals surface area contributed by atoms with Crippen LogP contribution in [0.25, 0.3) is 0 Å².